The van der Waals surface area contributed by atoms with E-state index >= 15 is 0 Å². The molecule has 18 heavy (non-hydrogen) atoms. The highest BCUT2D eigenvalue weighted by Crippen LogP contribution is 2.20. The molecule has 2 aromatic rings. The van der Waals surface area contributed by atoms with E-state index in [1.54, 1.807) is 0 Å². The number of H-pyrrole nitrogens is 1. The summed E-state index contributed by atoms with van der Waals surface area (Å²) in [5, 5.41) is 9.02. The van der Waals surface area contributed by atoms with E-state index in [9.17, 15) is 9.18 Å². The topological polar surface area (TPSA) is 66.0 Å². The first-order valence-corrected chi connectivity index (χ1v) is 5.92. The van der Waals surface area contributed by atoms with Crippen LogP contribution in [0.3, 0.4) is 0 Å². The van der Waals surface area contributed by atoms with Crippen LogP contribution in [-0.2, 0) is 6.42 Å². The van der Waals surface area contributed by atoms with Crippen LogP contribution < -0.4 is 0 Å². The fourth-order valence-corrected chi connectivity index (χ4v) is 1.87. The Kier molecular flexibility index (Phi) is 3.32. The largest absolute Gasteiger partial charge is 0.478 e. The van der Waals surface area contributed by atoms with Crippen molar-refractivity contribution in [2.24, 2.45) is 5.92 Å². The minimum atomic E-state index is -1.17. The third-order valence-corrected chi connectivity index (χ3v) is 3.07. The number of benzene rings is 1. The Hall–Kier alpha value is -1.91. The fourth-order valence-electron chi connectivity index (χ4n) is 1.87. The summed E-state index contributed by atoms with van der Waals surface area (Å²) in [5.41, 5.74) is 0.657. The average Bonchev–Trinajstić information content (AvgIpc) is 2.69. The summed E-state index contributed by atoms with van der Waals surface area (Å²) < 4.78 is 13.3. The first-order chi connectivity index (χ1) is 8.51. The van der Waals surface area contributed by atoms with Crippen LogP contribution in [0.15, 0.2) is 12.1 Å². The lowest BCUT2D eigenvalue weighted by molar-refractivity contribution is 0.0698. The van der Waals surface area contributed by atoms with Gasteiger partial charge in [-0.1, -0.05) is 20.3 Å². The van der Waals surface area contributed by atoms with Crippen molar-refractivity contribution in [3.63, 3.8) is 0 Å². The number of carbonyl (C=O) groups is 1. The number of aromatic carboxylic acids is 1. The predicted octanol–water partition coefficient (Wildman–Crippen LogP) is 2.99. The number of fused-ring (bicyclic) bond motifs is 1. The maximum absolute atomic E-state index is 13.3. The van der Waals surface area contributed by atoms with Gasteiger partial charge in [-0.25, -0.2) is 14.2 Å². The van der Waals surface area contributed by atoms with Crippen molar-refractivity contribution in [1.82, 2.24) is 9.97 Å². The number of nitrogens with zero attached hydrogens (tertiary/aromatic N) is 1. The molecule has 0 radical (unpaired) electrons. The number of nitrogens with one attached hydrogen (secondary N) is 1. The monoisotopic (exact) mass is 250 g/mol. The molecule has 0 amide bonds. The molecule has 2 N–H and O–H groups in total. The van der Waals surface area contributed by atoms with Crippen LogP contribution in [0.4, 0.5) is 4.39 Å². The maximum atomic E-state index is 13.3. The van der Waals surface area contributed by atoms with Gasteiger partial charge < -0.3 is 10.1 Å². The number of aromatic amines is 1. The lowest BCUT2D eigenvalue weighted by Crippen LogP contribution is -2.00. The Labute approximate surface area is 104 Å². The molecular weight excluding hydrogens is 235 g/mol. The first-order valence-electron chi connectivity index (χ1n) is 5.92. The third kappa shape index (κ3) is 2.34. The van der Waals surface area contributed by atoms with E-state index in [4.69, 9.17) is 5.11 Å². The van der Waals surface area contributed by atoms with Crippen molar-refractivity contribution >= 4 is 17.0 Å². The van der Waals surface area contributed by atoms with E-state index in [-0.39, 0.29) is 5.56 Å². The van der Waals surface area contributed by atoms with Crippen LogP contribution in [0, 0.1) is 11.7 Å². The minimum Gasteiger partial charge on any atom is -0.478 e. The number of carboxylic acids is 1. The van der Waals surface area contributed by atoms with E-state index in [0.717, 1.165) is 18.9 Å². The second-order valence-electron chi connectivity index (χ2n) is 4.56. The number of rotatable bonds is 4. The van der Waals surface area contributed by atoms with Crippen molar-refractivity contribution in [3.8, 4) is 0 Å². The predicted molar refractivity (Wildman–Crippen MR) is 66.2 cm³/mol. The van der Waals surface area contributed by atoms with Crippen LogP contribution >= 0.6 is 0 Å². The molecule has 1 aromatic heterocycles. The van der Waals surface area contributed by atoms with E-state index in [2.05, 4.69) is 23.8 Å². The number of imidazole rings is 1. The molecule has 0 saturated carbocycles. The van der Waals surface area contributed by atoms with Crippen molar-refractivity contribution in [1.29, 1.82) is 0 Å². The normalized spacial score (nSPS) is 12.8. The second kappa shape index (κ2) is 4.76. The molecule has 0 saturated heterocycles. The number of hydrogen-bond acceptors (Lipinski definition) is 2. The van der Waals surface area contributed by atoms with Gasteiger partial charge in [-0.3, -0.25) is 0 Å². The molecule has 0 aliphatic heterocycles. The van der Waals surface area contributed by atoms with Crippen molar-refractivity contribution in [2.75, 3.05) is 0 Å². The van der Waals surface area contributed by atoms with Crippen LogP contribution in [0.1, 0.15) is 36.5 Å². The van der Waals surface area contributed by atoms with Gasteiger partial charge in [-0.2, -0.15) is 0 Å². The van der Waals surface area contributed by atoms with Crippen molar-refractivity contribution in [3.05, 3.63) is 29.3 Å². The van der Waals surface area contributed by atoms with Gasteiger partial charge >= 0.3 is 5.97 Å². The molecule has 0 spiro atoms. The quantitative estimate of drug-likeness (QED) is 0.876. The Bertz CT molecular complexity index is 592. The molecule has 1 atom stereocenters. The summed E-state index contributed by atoms with van der Waals surface area (Å²) in [7, 11) is 0. The van der Waals surface area contributed by atoms with Gasteiger partial charge in [0, 0.05) is 6.42 Å². The number of hydrogen-bond donors (Lipinski definition) is 2. The zero-order valence-electron chi connectivity index (χ0n) is 10.3. The lowest BCUT2D eigenvalue weighted by atomic mass is 10.1. The van der Waals surface area contributed by atoms with Crippen LogP contribution in [-0.4, -0.2) is 21.0 Å². The zero-order chi connectivity index (χ0) is 13.3. The molecule has 96 valence electrons. The molecule has 0 aliphatic carbocycles. The van der Waals surface area contributed by atoms with E-state index < -0.39 is 11.8 Å². The van der Waals surface area contributed by atoms with Crippen molar-refractivity contribution < 1.29 is 14.3 Å². The Morgan fingerprint density at radius 1 is 1.56 bits per heavy atom. The van der Waals surface area contributed by atoms with Gasteiger partial charge in [0.1, 0.15) is 17.2 Å². The van der Waals surface area contributed by atoms with Crippen LogP contribution in [0.5, 0.6) is 0 Å². The Morgan fingerprint density at radius 3 is 2.89 bits per heavy atom. The number of carboxylic acid groups (broad SMARTS) is 1. The summed E-state index contributed by atoms with van der Waals surface area (Å²) in [5.74, 6) is -0.587. The van der Waals surface area contributed by atoms with E-state index in [1.807, 2.05) is 0 Å². The second-order valence-corrected chi connectivity index (χ2v) is 4.56. The highest BCUT2D eigenvalue weighted by Gasteiger charge is 2.15. The van der Waals surface area contributed by atoms with E-state index in [0.29, 0.717) is 22.8 Å². The molecular formula is C13H15FN2O2. The van der Waals surface area contributed by atoms with Crippen LogP contribution in [0.2, 0.25) is 0 Å². The summed E-state index contributed by atoms with van der Waals surface area (Å²) in [6, 6.07) is 2.27. The molecule has 5 heteroatoms. The fraction of sp³-hybridized carbons (Fsp3) is 0.385. The summed E-state index contributed by atoms with van der Waals surface area (Å²) in [4.78, 5) is 18.3. The van der Waals surface area contributed by atoms with Gasteiger partial charge in [-0.15, -0.1) is 0 Å². The third-order valence-electron chi connectivity index (χ3n) is 3.07. The number of aromatic nitrogens is 2. The van der Waals surface area contributed by atoms with Crippen molar-refractivity contribution in [2.45, 2.75) is 26.7 Å². The highest BCUT2D eigenvalue weighted by atomic mass is 19.1. The average molecular weight is 250 g/mol. The molecule has 4 nitrogen and oxygen atoms in total. The zero-order valence-corrected chi connectivity index (χ0v) is 10.3. The first kappa shape index (κ1) is 12.5. The molecule has 0 bridgehead atoms. The molecule has 0 fully saturated rings. The Morgan fingerprint density at radius 2 is 2.28 bits per heavy atom. The van der Waals surface area contributed by atoms with Gasteiger partial charge in [0.25, 0.3) is 0 Å². The summed E-state index contributed by atoms with van der Waals surface area (Å²) in [6.07, 6.45) is 1.74. The molecule has 0 aliphatic rings. The molecule has 1 heterocycles. The summed E-state index contributed by atoms with van der Waals surface area (Å²) >= 11 is 0. The molecule has 1 unspecified atom stereocenters. The summed E-state index contributed by atoms with van der Waals surface area (Å²) in [6.45, 7) is 4.17. The smallest absolute Gasteiger partial charge is 0.338 e. The SMILES string of the molecule is CCC(C)Cc1nc2c(C(=O)O)cc(F)cc2[nH]1. The highest BCUT2D eigenvalue weighted by molar-refractivity contribution is 6.00. The Balaban J connectivity index is 2.50. The maximum Gasteiger partial charge on any atom is 0.338 e. The lowest BCUT2D eigenvalue weighted by Gasteiger charge is -2.03. The van der Waals surface area contributed by atoms with Gasteiger partial charge in [0.2, 0.25) is 0 Å². The minimum absolute atomic E-state index is 0.100. The van der Waals surface area contributed by atoms with E-state index in [1.165, 1.54) is 6.07 Å². The van der Waals surface area contributed by atoms with Gasteiger partial charge in [0.15, 0.2) is 0 Å². The molecule has 2 rings (SSSR count). The standard InChI is InChI=1S/C13H15FN2O2/c1-3-7(2)4-11-15-10-6-8(14)5-9(13(17)18)12(10)16-11/h5-7H,3-4H2,1-2H3,(H,15,16)(H,17,18). The van der Waals surface area contributed by atoms with Gasteiger partial charge in [0.05, 0.1) is 11.1 Å². The molecule has 1 aromatic carbocycles. The van der Waals surface area contributed by atoms with Gasteiger partial charge in [-0.05, 0) is 18.1 Å². The number of halogens is 1. The van der Waals surface area contributed by atoms with Crippen LogP contribution in [0.25, 0.3) is 11.0 Å².